The Morgan fingerprint density at radius 2 is 0.434 bits per heavy atom. The van der Waals surface area contributed by atoms with Crippen LogP contribution in [0.2, 0.25) is 0 Å². The molecular weight excluding hydrogens is 1280 g/mol. The second-order valence-electron chi connectivity index (χ2n) is 30.2. The summed E-state index contributed by atoms with van der Waals surface area (Å²) in [6, 6.07) is 146. The van der Waals surface area contributed by atoms with Crippen molar-refractivity contribution in [3.63, 3.8) is 0 Å². The molecule has 2 heteroatoms. The quantitative estimate of drug-likeness (QED) is 0.114. The number of hydrogen-bond donors (Lipinski definition) is 0. The Bertz CT molecular complexity index is 6110. The maximum absolute atomic E-state index is 2.50. The van der Waals surface area contributed by atoms with Gasteiger partial charge in [-0.05, 0) is 236 Å². The number of hydrogen-bond acceptors (Lipinski definition) is 2. The van der Waals surface area contributed by atoms with E-state index in [2.05, 4.69) is 426 Å². The summed E-state index contributed by atoms with van der Waals surface area (Å²) in [6.45, 7) is 9.47. The molecule has 0 saturated heterocycles. The van der Waals surface area contributed by atoms with Gasteiger partial charge >= 0.3 is 0 Å². The molecule has 0 amide bonds. The van der Waals surface area contributed by atoms with Gasteiger partial charge in [-0.1, -0.05) is 325 Å². The smallest absolute Gasteiger partial charge is 0.0714 e. The van der Waals surface area contributed by atoms with Crippen LogP contribution in [0.15, 0.2) is 388 Å². The molecule has 0 N–H and O–H groups in total. The van der Waals surface area contributed by atoms with Crippen LogP contribution in [0.25, 0.3) is 77.9 Å². The fourth-order valence-corrected chi connectivity index (χ4v) is 19.1. The van der Waals surface area contributed by atoms with Crippen molar-refractivity contribution in [2.45, 2.75) is 49.4 Å². The molecule has 2 nitrogen and oxygen atoms in total. The fourth-order valence-electron chi connectivity index (χ4n) is 19.1. The standard InChI is InChI=1S/C104H76N2/c1-101(2)93-46-21-17-42-85(93)89-58-52-73(65-97(89)101)69-50-54-80(55-51-69)106(84-57-60-91-87-44-19-23-48-95(87)103(99(91)67-84,75-31-9-5-10-32-75)76-33-11-6-12-34-76)82-41-26-29-71(63-82)70-28-25-37-78(62-70)104(77-35-13-7-14-36-77)96-49-24-20-45-88(96)92-61-56-83(68-100(92)104)105(79-38-15-8-16-39-79)81-40-27-30-72(64-81)74-53-59-90-86-43-18-22-47-94(86)102(3,4)98(90)66-74/h5-68H,1-4H3. The van der Waals surface area contributed by atoms with Crippen LogP contribution in [0, 0.1) is 0 Å². The zero-order chi connectivity index (χ0) is 70.9. The van der Waals surface area contributed by atoms with Crippen molar-refractivity contribution < 1.29 is 0 Å². The van der Waals surface area contributed by atoms with Gasteiger partial charge in [-0.15, -0.1) is 0 Å². The zero-order valence-electron chi connectivity index (χ0n) is 59.8. The molecule has 0 aromatic heterocycles. The molecule has 20 rings (SSSR count). The first-order chi connectivity index (χ1) is 52.1. The minimum atomic E-state index is -0.714. The zero-order valence-corrected chi connectivity index (χ0v) is 59.8. The third-order valence-electron chi connectivity index (χ3n) is 24.0. The highest BCUT2D eigenvalue weighted by Crippen LogP contribution is 2.61. The number of rotatable bonds is 13. The molecule has 0 spiro atoms. The van der Waals surface area contributed by atoms with Crippen molar-refractivity contribution in [2.75, 3.05) is 9.80 Å². The topological polar surface area (TPSA) is 6.48 Å². The van der Waals surface area contributed by atoms with Gasteiger partial charge in [0.05, 0.1) is 10.8 Å². The molecule has 4 aliphatic carbocycles. The third kappa shape index (κ3) is 9.50. The molecule has 0 fully saturated rings. The largest absolute Gasteiger partial charge is 0.310 e. The maximum Gasteiger partial charge on any atom is 0.0714 e. The van der Waals surface area contributed by atoms with E-state index in [4.69, 9.17) is 0 Å². The van der Waals surface area contributed by atoms with E-state index in [1.807, 2.05) is 0 Å². The molecular formula is C104H76N2. The van der Waals surface area contributed by atoms with Crippen LogP contribution < -0.4 is 9.80 Å². The lowest BCUT2D eigenvalue weighted by Crippen LogP contribution is -2.29. The summed E-state index contributed by atoms with van der Waals surface area (Å²) in [7, 11) is 0. The molecule has 1 unspecified atom stereocenters. The number of fused-ring (bicyclic) bond motifs is 12. The molecule has 1 atom stereocenters. The van der Waals surface area contributed by atoms with Crippen molar-refractivity contribution in [3.05, 3.63) is 455 Å². The maximum atomic E-state index is 2.50. The van der Waals surface area contributed by atoms with Gasteiger partial charge in [-0.3, -0.25) is 0 Å². The summed E-state index contributed by atoms with van der Waals surface area (Å²) in [6.07, 6.45) is 0. The molecule has 16 aromatic rings. The number of benzene rings is 16. The number of anilines is 6. The first-order valence-corrected chi connectivity index (χ1v) is 37.3. The molecule has 106 heavy (non-hydrogen) atoms. The van der Waals surface area contributed by atoms with E-state index in [9.17, 15) is 0 Å². The van der Waals surface area contributed by atoms with Crippen molar-refractivity contribution in [1.82, 2.24) is 0 Å². The van der Waals surface area contributed by atoms with E-state index in [1.165, 1.54) is 134 Å². The SMILES string of the molecule is CC1(C)c2ccccc2-c2ccc(-c3ccc(N(c4cccc(-c5cccc(C6(c7ccccc7)c7ccccc7-c7ccc(N(c8ccccc8)c8cccc(-c9ccc%10c(c9)C(C)(C)c9ccccc9-%10)c8)cc76)c5)c4)c4ccc5c(c4)C(c4ccccc4)(c4ccccc4)c4ccccc4-5)cc3)cc21. The van der Waals surface area contributed by atoms with E-state index in [0.717, 1.165) is 45.3 Å². The summed E-state index contributed by atoms with van der Waals surface area (Å²) in [5.41, 5.74) is 37.7. The van der Waals surface area contributed by atoms with Crippen LogP contribution in [0.4, 0.5) is 34.1 Å². The first kappa shape index (κ1) is 62.9. The van der Waals surface area contributed by atoms with Crippen molar-refractivity contribution in [2.24, 2.45) is 0 Å². The third-order valence-corrected chi connectivity index (χ3v) is 24.0. The van der Waals surface area contributed by atoms with Gasteiger partial charge in [0.1, 0.15) is 0 Å². The predicted octanol–water partition coefficient (Wildman–Crippen LogP) is 27.0. The van der Waals surface area contributed by atoms with E-state index in [0.29, 0.717) is 0 Å². The predicted molar refractivity (Wildman–Crippen MR) is 442 cm³/mol. The fraction of sp³-hybridized carbons (Fsp3) is 0.0769. The summed E-state index contributed by atoms with van der Waals surface area (Å²) in [5.74, 6) is 0. The number of nitrogens with zero attached hydrogens (tertiary/aromatic N) is 2. The lowest BCUT2D eigenvalue weighted by molar-refractivity contribution is 0.660. The van der Waals surface area contributed by atoms with Gasteiger partial charge in [0.25, 0.3) is 0 Å². The van der Waals surface area contributed by atoms with E-state index in [1.54, 1.807) is 0 Å². The van der Waals surface area contributed by atoms with Crippen molar-refractivity contribution in [3.8, 4) is 77.9 Å². The first-order valence-electron chi connectivity index (χ1n) is 37.3. The summed E-state index contributed by atoms with van der Waals surface area (Å²) >= 11 is 0. The molecule has 4 aliphatic rings. The molecule has 0 saturated carbocycles. The highest BCUT2D eigenvalue weighted by Gasteiger charge is 2.49. The Morgan fingerprint density at radius 3 is 0.887 bits per heavy atom. The second-order valence-corrected chi connectivity index (χ2v) is 30.2. The van der Waals surface area contributed by atoms with Crippen LogP contribution in [0.1, 0.15) is 94.5 Å². The molecule has 0 aliphatic heterocycles. The van der Waals surface area contributed by atoms with Crippen LogP contribution in [0.5, 0.6) is 0 Å². The molecule has 0 radical (unpaired) electrons. The average molecular weight is 1350 g/mol. The molecule has 0 bridgehead atoms. The Labute approximate surface area is 622 Å². The van der Waals surface area contributed by atoms with Crippen molar-refractivity contribution in [1.29, 1.82) is 0 Å². The van der Waals surface area contributed by atoms with Gasteiger partial charge in [0, 0.05) is 45.0 Å². The highest BCUT2D eigenvalue weighted by molar-refractivity contribution is 5.94. The summed E-state index contributed by atoms with van der Waals surface area (Å²) in [5, 5.41) is 0. The Morgan fingerprint density at radius 1 is 0.160 bits per heavy atom. The lowest BCUT2D eigenvalue weighted by atomic mass is 9.67. The Hall–Kier alpha value is -12.9. The minimum absolute atomic E-state index is 0.112. The Balaban J connectivity index is 0.733. The van der Waals surface area contributed by atoms with Gasteiger partial charge in [-0.2, -0.15) is 0 Å². The minimum Gasteiger partial charge on any atom is -0.310 e. The molecule has 16 aromatic carbocycles. The van der Waals surface area contributed by atoms with Gasteiger partial charge < -0.3 is 9.80 Å². The average Bonchev–Trinajstić information content (AvgIpc) is 1.53. The molecule has 502 valence electrons. The van der Waals surface area contributed by atoms with E-state index >= 15 is 0 Å². The normalized spacial score (nSPS) is 15.2. The van der Waals surface area contributed by atoms with Crippen LogP contribution >= 0.6 is 0 Å². The highest BCUT2D eigenvalue weighted by atomic mass is 15.1. The van der Waals surface area contributed by atoms with Crippen molar-refractivity contribution >= 4 is 34.1 Å². The van der Waals surface area contributed by atoms with E-state index < -0.39 is 10.8 Å². The van der Waals surface area contributed by atoms with Gasteiger partial charge in [0.2, 0.25) is 0 Å². The summed E-state index contributed by atoms with van der Waals surface area (Å²) < 4.78 is 0. The Kier molecular flexibility index (Phi) is 14.5. The van der Waals surface area contributed by atoms with Gasteiger partial charge in [-0.25, -0.2) is 0 Å². The van der Waals surface area contributed by atoms with Gasteiger partial charge in [0.15, 0.2) is 0 Å². The molecule has 0 heterocycles. The van der Waals surface area contributed by atoms with E-state index in [-0.39, 0.29) is 10.8 Å². The number of para-hydroxylation sites is 1. The second kappa shape index (κ2) is 24.4. The monoisotopic (exact) mass is 1350 g/mol. The van der Waals surface area contributed by atoms with Crippen LogP contribution in [-0.2, 0) is 21.7 Å². The van der Waals surface area contributed by atoms with Crippen LogP contribution in [-0.4, -0.2) is 0 Å². The van der Waals surface area contributed by atoms with Crippen LogP contribution in [0.3, 0.4) is 0 Å². The lowest BCUT2D eigenvalue weighted by Gasteiger charge is -2.35. The summed E-state index contributed by atoms with van der Waals surface area (Å²) in [4.78, 5) is 4.94.